The molecule has 0 saturated carbocycles. The highest BCUT2D eigenvalue weighted by molar-refractivity contribution is 5.46. The fraction of sp³-hybridized carbons (Fsp3) is 0.500. The Kier molecular flexibility index (Phi) is 5.19. The van der Waals surface area contributed by atoms with Crippen molar-refractivity contribution in [2.45, 2.75) is 12.5 Å². The van der Waals surface area contributed by atoms with Crippen molar-refractivity contribution in [1.29, 1.82) is 5.26 Å². The zero-order valence-corrected chi connectivity index (χ0v) is 9.05. The summed E-state index contributed by atoms with van der Waals surface area (Å²) in [5.74, 6) is 0.439. The second-order valence-corrected chi connectivity index (χ2v) is 3.19. The van der Waals surface area contributed by atoms with Crippen LogP contribution in [0, 0.1) is 11.3 Å². The van der Waals surface area contributed by atoms with E-state index in [0.717, 1.165) is 0 Å². The topological polar surface area (TPSA) is 91.1 Å². The van der Waals surface area contributed by atoms with E-state index in [1.54, 1.807) is 0 Å². The summed E-state index contributed by atoms with van der Waals surface area (Å²) in [4.78, 5) is 7.84. The molecule has 0 aliphatic rings. The molecule has 16 heavy (non-hydrogen) atoms. The summed E-state index contributed by atoms with van der Waals surface area (Å²) in [5.41, 5.74) is 0.253. The van der Waals surface area contributed by atoms with E-state index in [1.807, 2.05) is 6.07 Å². The van der Waals surface area contributed by atoms with Gasteiger partial charge in [0.15, 0.2) is 11.5 Å². The number of aliphatic hydroxyl groups is 1. The largest absolute Gasteiger partial charge is 0.391 e. The number of hydrogen-bond donors (Lipinski definition) is 2. The van der Waals surface area contributed by atoms with Crippen molar-refractivity contribution in [1.82, 2.24) is 9.97 Å². The number of anilines is 1. The number of nitrogens with one attached hydrogen (secondary N) is 1. The van der Waals surface area contributed by atoms with Gasteiger partial charge < -0.3 is 15.2 Å². The van der Waals surface area contributed by atoms with Gasteiger partial charge in [0, 0.05) is 26.0 Å². The first-order valence-corrected chi connectivity index (χ1v) is 4.90. The van der Waals surface area contributed by atoms with Crippen LogP contribution in [0.3, 0.4) is 0 Å². The normalized spacial score (nSPS) is 11.8. The Balaban J connectivity index is 2.40. The minimum Gasteiger partial charge on any atom is -0.391 e. The minimum atomic E-state index is -0.514. The van der Waals surface area contributed by atoms with Crippen LogP contribution in [-0.4, -0.2) is 41.4 Å². The lowest BCUT2D eigenvalue weighted by molar-refractivity contribution is 0.0615. The first kappa shape index (κ1) is 12.4. The number of hydrogen-bond acceptors (Lipinski definition) is 6. The summed E-state index contributed by atoms with van der Waals surface area (Å²) in [6.07, 6.45) is 2.98. The molecule has 0 amide bonds. The van der Waals surface area contributed by atoms with Crippen LogP contribution in [0.15, 0.2) is 12.4 Å². The number of aromatic nitrogens is 2. The van der Waals surface area contributed by atoms with Crippen molar-refractivity contribution in [2.24, 2.45) is 0 Å². The average Bonchev–Trinajstić information content (AvgIpc) is 2.30. The van der Waals surface area contributed by atoms with Crippen molar-refractivity contribution in [3.63, 3.8) is 0 Å². The number of rotatable bonds is 6. The lowest BCUT2D eigenvalue weighted by atomic mass is 10.2. The fourth-order valence-corrected chi connectivity index (χ4v) is 1.18. The lowest BCUT2D eigenvalue weighted by Crippen LogP contribution is -2.19. The molecule has 0 spiro atoms. The standard InChI is InChI=1S/C10H14N4O2/c1-16-7-8(15)2-3-13-10-9(6-11)12-4-5-14-10/h4-5,8,15H,2-3,7H2,1H3,(H,13,14). The highest BCUT2D eigenvalue weighted by Crippen LogP contribution is 2.06. The number of nitrogens with zero attached hydrogens (tertiary/aromatic N) is 3. The zero-order valence-electron chi connectivity index (χ0n) is 9.05. The minimum absolute atomic E-state index is 0.253. The Morgan fingerprint density at radius 1 is 1.56 bits per heavy atom. The first-order valence-electron chi connectivity index (χ1n) is 4.90. The second-order valence-electron chi connectivity index (χ2n) is 3.19. The number of methoxy groups -OCH3 is 1. The Labute approximate surface area is 93.9 Å². The van der Waals surface area contributed by atoms with Crippen molar-refractivity contribution in [3.8, 4) is 6.07 Å². The van der Waals surface area contributed by atoms with Crippen molar-refractivity contribution in [3.05, 3.63) is 18.1 Å². The number of nitriles is 1. The van der Waals surface area contributed by atoms with Gasteiger partial charge in [-0.25, -0.2) is 9.97 Å². The molecular formula is C10H14N4O2. The Hall–Kier alpha value is -1.71. The molecule has 0 aliphatic carbocycles. The molecule has 6 nitrogen and oxygen atoms in total. The van der Waals surface area contributed by atoms with Crippen molar-refractivity contribution >= 4 is 5.82 Å². The third kappa shape index (κ3) is 3.81. The van der Waals surface area contributed by atoms with Crippen LogP contribution >= 0.6 is 0 Å². The van der Waals surface area contributed by atoms with E-state index in [4.69, 9.17) is 10.00 Å². The zero-order chi connectivity index (χ0) is 11.8. The van der Waals surface area contributed by atoms with Gasteiger partial charge in [-0.3, -0.25) is 0 Å². The quantitative estimate of drug-likeness (QED) is 0.712. The lowest BCUT2D eigenvalue weighted by Gasteiger charge is -2.10. The summed E-state index contributed by atoms with van der Waals surface area (Å²) < 4.78 is 4.79. The maximum atomic E-state index is 9.39. The van der Waals surface area contributed by atoms with Crippen molar-refractivity contribution < 1.29 is 9.84 Å². The van der Waals surface area contributed by atoms with Gasteiger partial charge in [-0.2, -0.15) is 5.26 Å². The van der Waals surface area contributed by atoms with Gasteiger partial charge in [-0.15, -0.1) is 0 Å². The predicted octanol–water partition coefficient (Wildman–Crippen LogP) is 0.158. The van der Waals surface area contributed by atoms with Crippen LogP contribution in [0.5, 0.6) is 0 Å². The van der Waals surface area contributed by atoms with Gasteiger partial charge in [0.1, 0.15) is 6.07 Å². The van der Waals surface area contributed by atoms with Gasteiger partial charge >= 0.3 is 0 Å². The van der Waals surface area contributed by atoms with Gasteiger partial charge in [0.25, 0.3) is 0 Å². The van der Waals surface area contributed by atoms with E-state index in [0.29, 0.717) is 25.4 Å². The molecule has 0 aromatic carbocycles. The molecule has 0 aliphatic heterocycles. The van der Waals surface area contributed by atoms with Crippen LogP contribution in [0.25, 0.3) is 0 Å². The van der Waals surface area contributed by atoms with E-state index in [1.165, 1.54) is 19.5 Å². The summed E-state index contributed by atoms with van der Waals surface area (Å²) >= 11 is 0. The SMILES string of the molecule is COCC(O)CCNc1nccnc1C#N. The van der Waals surface area contributed by atoms with Crippen LogP contribution in [0.2, 0.25) is 0 Å². The van der Waals surface area contributed by atoms with Crippen molar-refractivity contribution in [2.75, 3.05) is 25.6 Å². The Bertz CT molecular complexity index is 364. The summed E-state index contributed by atoms with van der Waals surface area (Å²) in [6.45, 7) is 0.811. The molecule has 0 bridgehead atoms. The molecule has 1 unspecified atom stereocenters. The third-order valence-electron chi connectivity index (χ3n) is 1.93. The van der Waals surface area contributed by atoms with E-state index in [9.17, 15) is 5.11 Å². The average molecular weight is 222 g/mol. The van der Waals surface area contributed by atoms with E-state index >= 15 is 0 Å². The molecule has 0 fully saturated rings. The second kappa shape index (κ2) is 6.71. The summed E-state index contributed by atoms with van der Waals surface area (Å²) in [7, 11) is 1.53. The van der Waals surface area contributed by atoms with E-state index < -0.39 is 6.10 Å². The number of aliphatic hydroxyl groups excluding tert-OH is 1. The molecule has 1 aromatic heterocycles. The molecule has 86 valence electrons. The Morgan fingerprint density at radius 3 is 3.00 bits per heavy atom. The first-order chi connectivity index (χ1) is 7.77. The van der Waals surface area contributed by atoms with E-state index in [2.05, 4.69) is 15.3 Å². The summed E-state index contributed by atoms with van der Waals surface area (Å²) in [6, 6.07) is 1.94. The monoisotopic (exact) mass is 222 g/mol. The highest BCUT2D eigenvalue weighted by atomic mass is 16.5. The maximum absolute atomic E-state index is 9.39. The molecular weight excluding hydrogens is 208 g/mol. The van der Waals surface area contributed by atoms with Crippen LogP contribution in [0.1, 0.15) is 12.1 Å². The van der Waals surface area contributed by atoms with Crippen LogP contribution in [-0.2, 0) is 4.74 Å². The van der Waals surface area contributed by atoms with Gasteiger partial charge in [0.2, 0.25) is 0 Å². The summed E-state index contributed by atoms with van der Waals surface area (Å²) in [5, 5.41) is 21.1. The van der Waals surface area contributed by atoms with Gasteiger partial charge in [0.05, 0.1) is 12.7 Å². The van der Waals surface area contributed by atoms with Gasteiger partial charge in [-0.1, -0.05) is 0 Å². The highest BCUT2D eigenvalue weighted by Gasteiger charge is 2.05. The van der Waals surface area contributed by atoms with Gasteiger partial charge in [-0.05, 0) is 6.42 Å². The molecule has 1 rings (SSSR count). The van der Waals surface area contributed by atoms with Crippen LogP contribution < -0.4 is 5.32 Å². The molecule has 1 aromatic rings. The molecule has 1 atom stereocenters. The Morgan fingerprint density at radius 2 is 2.31 bits per heavy atom. The molecule has 0 saturated heterocycles. The van der Waals surface area contributed by atoms with E-state index in [-0.39, 0.29) is 5.69 Å². The molecule has 6 heteroatoms. The molecule has 2 N–H and O–H groups in total. The smallest absolute Gasteiger partial charge is 0.182 e. The van der Waals surface area contributed by atoms with Crippen LogP contribution in [0.4, 0.5) is 5.82 Å². The maximum Gasteiger partial charge on any atom is 0.182 e. The molecule has 0 radical (unpaired) electrons. The number of ether oxygens (including phenoxy) is 1. The third-order valence-corrected chi connectivity index (χ3v) is 1.93. The predicted molar refractivity (Wildman–Crippen MR) is 57.7 cm³/mol. The fourth-order valence-electron chi connectivity index (χ4n) is 1.18. The molecule has 1 heterocycles.